The van der Waals surface area contributed by atoms with Crippen molar-refractivity contribution < 1.29 is 4.79 Å². The Kier molecular flexibility index (Phi) is 5.54. The van der Waals surface area contributed by atoms with E-state index in [0.29, 0.717) is 17.0 Å². The second-order valence-electron chi connectivity index (χ2n) is 8.56. The largest absolute Gasteiger partial charge is 0.337 e. The molecule has 2 saturated heterocycles. The van der Waals surface area contributed by atoms with Crippen molar-refractivity contribution >= 4 is 5.91 Å². The molecule has 1 amide bonds. The van der Waals surface area contributed by atoms with E-state index >= 15 is 0 Å². The van der Waals surface area contributed by atoms with Crippen molar-refractivity contribution in [2.75, 3.05) is 32.7 Å². The van der Waals surface area contributed by atoms with Crippen LogP contribution in [0.25, 0.3) is 0 Å². The smallest absolute Gasteiger partial charge is 0.274 e. The zero-order valence-corrected chi connectivity index (χ0v) is 17.2. The van der Waals surface area contributed by atoms with E-state index in [1.807, 2.05) is 11.0 Å². The zero-order chi connectivity index (χ0) is 19.6. The summed E-state index contributed by atoms with van der Waals surface area (Å²) in [5, 5.41) is 7.18. The molecule has 150 valence electrons. The van der Waals surface area contributed by atoms with Gasteiger partial charge >= 0.3 is 0 Å². The predicted molar refractivity (Wildman–Crippen MR) is 111 cm³/mol. The number of carbonyl (C=O) groups is 1. The van der Waals surface area contributed by atoms with Crippen LogP contribution < -0.4 is 0 Å². The quantitative estimate of drug-likeness (QED) is 0.880. The average molecular weight is 381 g/mol. The molecule has 5 heteroatoms. The van der Waals surface area contributed by atoms with Crippen molar-refractivity contribution in [2.24, 2.45) is 5.41 Å². The lowest BCUT2D eigenvalue weighted by Crippen LogP contribution is -2.52. The molecule has 1 aromatic heterocycles. The molecule has 0 bridgehead atoms. The van der Waals surface area contributed by atoms with Crippen LogP contribution in [0.3, 0.4) is 0 Å². The van der Waals surface area contributed by atoms with Crippen molar-refractivity contribution in [3.63, 3.8) is 0 Å². The van der Waals surface area contributed by atoms with Gasteiger partial charge in [0.15, 0.2) is 0 Å². The number of piperidine rings is 2. The van der Waals surface area contributed by atoms with E-state index < -0.39 is 0 Å². The number of hydrogen-bond acceptors (Lipinski definition) is 3. The fraction of sp³-hybridized carbons (Fsp3) is 0.565. The third-order valence-corrected chi connectivity index (χ3v) is 6.78. The van der Waals surface area contributed by atoms with Crippen LogP contribution in [-0.2, 0) is 6.42 Å². The fourth-order valence-corrected chi connectivity index (χ4v) is 5.05. The number of aromatic amines is 1. The summed E-state index contributed by atoms with van der Waals surface area (Å²) in [6, 6.07) is 12.9. The van der Waals surface area contributed by atoms with Gasteiger partial charge in [0.2, 0.25) is 0 Å². The number of rotatable bonds is 4. The Morgan fingerprint density at radius 2 is 1.96 bits per heavy atom. The van der Waals surface area contributed by atoms with Gasteiger partial charge in [-0.3, -0.25) is 9.89 Å². The summed E-state index contributed by atoms with van der Waals surface area (Å²) in [4.78, 5) is 17.5. The molecule has 2 aliphatic heterocycles. The highest BCUT2D eigenvalue weighted by Gasteiger charge is 2.42. The summed E-state index contributed by atoms with van der Waals surface area (Å²) < 4.78 is 0. The topological polar surface area (TPSA) is 52.2 Å². The van der Waals surface area contributed by atoms with E-state index in [1.54, 1.807) is 0 Å². The fourth-order valence-electron chi connectivity index (χ4n) is 5.05. The van der Waals surface area contributed by atoms with Crippen LogP contribution in [0.1, 0.15) is 60.8 Å². The number of aryl methyl sites for hydroxylation is 1. The first kappa shape index (κ1) is 19.2. The summed E-state index contributed by atoms with van der Waals surface area (Å²) >= 11 is 0. The van der Waals surface area contributed by atoms with Crippen LogP contribution in [0.4, 0.5) is 0 Å². The summed E-state index contributed by atoms with van der Waals surface area (Å²) in [5.41, 5.74) is 3.37. The molecule has 1 aromatic carbocycles. The first-order valence-electron chi connectivity index (χ1n) is 10.7. The first-order chi connectivity index (χ1) is 13.6. The number of likely N-dealkylation sites (tertiary alicyclic amines) is 2. The molecule has 5 nitrogen and oxygen atoms in total. The van der Waals surface area contributed by atoms with Crippen LogP contribution in [0.5, 0.6) is 0 Å². The van der Waals surface area contributed by atoms with Crippen LogP contribution in [0.2, 0.25) is 0 Å². The number of amides is 1. The number of carbonyl (C=O) groups excluding carboxylic acids is 1. The number of nitrogens with zero attached hydrogens (tertiary/aromatic N) is 3. The number of benzene rings is 1. The molecule has 1 spiro atoms. The van der Waals surface area contributed by atoms with Gasteiger partial charge in [-0.25, -0.2) is 0 Å². The Morgan fingerprint density at radius 3 is 2.61 bits per heavy atom. The number of likely N-dealkylation sites (N-methyl/N-ethyl adjacent to an activating group) is 1. The molecular formula is C23H32N4O. The van der Waals surface area contributed by atoms with Gasteiger partial charge in [-0.2, -0.15) is 5.10 Å². The molecule has 0 unspecified atom stereocenters. The zero-order valence-electron chi connectivity index (χ0n) is 17.2. The van der Waals surface area contributed by atoms with Gasteiger partial charge in [0.25, 0.3) is 5.91 Å². The lowest BCUT2D eigenvalue weighted by molar-refractivity contribution is 0.0156. The van der Waals surface area contributed by atoms with E-state index in [9.17, 15) is 4.79 Å². The van der Waals surface area contributed by atoms with Crippen LogP contribution in [0, 0.1) is 5.41 Å². The molecule has 2 aliphatic rings. The molecule has 3 heterocycles. The van der Waals surface area contributed by atoms with Crippen LogP contribution in [-0.4, -0.2) is 58.6 Å². The normalized spacial score (nSPS) is 22.5. The molecule has 4 rings (SSSR count). The van der Waals surface area contributed by atoms with Gasteiger partial charge in [0.1, 0.15) is 5.69 Å². The molecule has 0 radical (unpaired) electrons. The van der Waals surface area contributed by atoms with E-state index in [0.717, 1.165) is 57.7 Å². The lowest BCUT2D eigenvalue weighted by Gasteiger charge is -2.50. The van der Waals surface area contributed by atoms with Crippen LogP contribution in [0.15, 0.2) is 36.4 Å². The minimum atomic E-state index is 0.0774. The number of aromatic nitrogens is 2. The van der Waals surface area contributed by atoms with Gasteiger partial charge in [-0.15, -0.1) is 0 Å². The monoisotopic (exact) mass is 380 g/mol. The van der Waals surface area contributed by atoms with Gasteiger partial charge in [-0.05, 0) is 55.2 Å². The summed E-state index contributed by atoms with van der Waals surface area (Å²) in [6.45, 7) is 9.43. The minimum absolute atomic E-state index is 0.0774. The number of hydrogen-bond donors (Lipinski definition) is 1. The molecule has 1 N–H and O–H groups in total. The summed E-state index contributed by atoms with van der Waals surface area (Å²) in [6.07, 6.45) is 4.28. The van der Waals surface area contributed by atoms with Crippen molar-refractivity contribution in [2.45, 2.75) is 45.4 Å². The highest BCUT2D eigenvalue weighted by molar-refractivity contribution is 5.92. The molecular weight excluding hydrogens is 348 g/mol. The minimum Gasteiger partial charge on any atom is -0.337 e. The van der Waals surface area contributed by atoms with Crippen molar-refractivity contribution in [3.8, 4) is 0 Å². The third-order valence-electron chi connectivity index (χ3n) is 6.78. The van der Waals surface area contributed by atoms with E-state index in [4.69, 9.17) is 0 Å². The maximum Gasteiger partial charge on any atom is 0.274 e. The molecule has 2 aromatic rings. The summed E-state index contributed by atoms with van der Waals surface area (Å²) in [7, 11) is 0. The maximum absolute atomic E-state index is 12.8. The molecule has 1 atom stereocenters. The van der Waals surface area contributed by atoms with Crippen molar-refractivity contribution in [3.05, 3.63) is 53.3 Å². The van der Waals surface area contributed by atoms with E-state index in [-0.39, 0.29) is 5.91 Å². The van der Waals surface area contributed by atoms with Gasteiger partial charge in [-0.1, -0.05) is 44.2 Å². The highest BCUT2D eigenvalue weighted by Crippen LogP contribution is 2.45. The van der Waals surface area contributed by atoms with Gasteiger partial charge in [0, 0.05) is 31.9 Å². The Hall–Kier alpha value is -2.14. The van der Waals surface area contributed by atoms with Gasteiger partial charge in [0.05, 0.1) is 0 Å². The Bertz CT molecular complexity index is 792. The highest BCUT2D eigenvalue weighted by atomic mass is 16.2. The van der Waals surface area contributed by atoms with Crippen molar-refractivity contribution in [1.29, 1.82) is 0 Å². The predicted octanol–water partition coefficient (Wildman–Crippen LogP) is 3.70. The third kappa shape index (κ3) is 3.86. The first-order valence-corrected chi connectivity index (χ1v) is 10.7. The maximum atomic E-state index is 12.8. The van der Waals surface area contributed by atoms with E-state index in [2.05, 4.69) is 59.3 Å². The van der Waals surface area contributed by atoms with Crippen LogP contribution >= 0.6 is 0 Å². The number of H-pyrrole nitrogens is 1. The molecule has 2 fully saturated rings. The molecule has 28 heavy (non-hydrogen) atoms. The second-order valence-corrected chi connectivity index (χ2v) is 8.56. The Morgan fingerprint density at radius 1 is 1.21 bits per heavy atom. The number of nitrogens with one attached hydrogen (secondary N) is 1. The lowest BCUT2D eigenvalue weighted by atomic mass is 9.68. The second kappa shape index (κ2) is 8.08. The Balaban J connectivity index is 1.45. The SMILES string of the molecule is CCc1cc(C(=O)N2CCC3(CC2)C[C@@H](c2ccccc2)CN(CC)C3)n[nH]1. The standard InChI is InChI=1S/C23H32N4O/c1-3-20-14-21(25-24-20)22(28)27-12-10-23(11-13-27)15-19(16-26(4-2)17-23)18-8-6-5-7-9-18/h5-9,14,19H,3-4,10-13,15-17H2,1-2H3,(H,24,25)/t19-/m1/s1. The molecule has 0 saturated carbocycles. The Labute approximate surface area is 168 Å². The van der Waals surface area contributed by atoms with Crippen molar-refractivity contribution in [1.82, 2.24) is 20.0 Å². The average Bonchev–Trinajstić information content (AvgIpc) is 3.23. The summed E-state index contributed by atoms with van der Waals surface area (Å²) in [5.74, 6) is 0.671. The molecule has 0 aliphatic carbocycles. The van der Waals surface area contributed by atoms with Gasteiger partial charge < -0.3 is 9.80 Å². The van der Waals surface area contributed by atoms with E-state index in [1.165, 1.54) is 12.0 Å².